The Morgan fingerprint density at radius 3 is 2.55 bits per heavy atom. The summed E-state index contributed by atoms with van der Waals surface area (Å²) in [4.78, 5) is 4.35. The first-order valence-corrected chi connectivity index (χ1v) is 11.5. The summed E-state index contributed by atoms with van der Waals surface area (Å²) in [5, 5.41) is 12.7. The molecule has 0 atom stereocenters. The second-order valence-corrected chi connectivity index (χ2v) is 8.98. The fraction of sp³-hybridized carbons (Fsp3) is 0.304. The van der Waals surface area contributed by atoms with Crippen LogP contribution < -0.4 is 14.2 Å². The SMILES string of the molecule is CCCOc1c(Cl)cc(C(C)(C)c2ccc(OCc3csc(NS)n3)cc2)cc1C#N. The van der Waals surface area contributed by atoms with Crippen LogP contribution in [0.2, 0.25) is 5.02 Å². The van der Waals surface area contributed by atoms with E-state index in [1.807, 2.05) is 48.7 Å². The predicted molar refractivity (Wildman–Crippen MR) is 130 cm³/mol. The molecule has 5 nitrogen and oxygen atoms in total. The lowest BCUT2D eigenvalue weighted by atomic mass is 9.77. The maximum atomic E-state index is 9.59. The van der Waals surface area contributed by atoms with Crippen molar-refractivity contribution < 1.29 is 9.47 Å². The standard InChI is InChI=1S/C23H24ClN3O2S2/c1-4-9-28-21-15(12-25)10-17(11-20(21)24)23(2,3)16-5-7-19(8-6-16)29-13-18-14-31-22(26-18)27-30/h5-8,10-11,14,30H,4,9,13H2,1-3H3,(H,26,27). The minimum absolute atomic E-state index is 0.362. The van der Waals surface area contributed by atoms with Crippen LogP contribution in [-0.4, -0.2) is 11.6 Å². The molecule has 0 amide bonds. The summed E-state index contributed by atoms with van der Waals surface area (Å²) in [6, 6.07) is 13.9. The summed E-state index contributed by atoms with van der Waals surface area (Å²) in [6.45, 7) is 7.12. The number of nitrogens with one attached hydrogen (secondary N) is 1. The van der Waals surface area contributed by atoms with Crippen molar-refractivity contribution in [3.05, 3.63) is 69.2 Å². The molecule has 8 heteroatoms. The molecule has 162 valence electrons. The van der Waals surface area contributed by atoms with Gasteiger partial charge >= 0.3 is 0 Å². The summed E-state index contributed by atoms with van der Waals surface area (Å²) < 4.78 is 14.2. The van der Waals surface area contributed by atoms with Crippen LogP contribution in [0.25, 0.3) is 0 Å². The van der Waals surface area contributed by atoms with Gasteiger partial charge in [-0.15, -0.1) is 11.3 Å². The molecule has 2 aromatic carbocycles. The van der Waals surface area contributed by atoms with E-state index in [0.717, 1.165) is 34.1 Å². The van der Waals surface area contributed by atoms with Gasteiger partial charge in [0.05, 0.1) is 22.9 Å². The van der Waals surface area contributed by atoms with Crippen molar-refractivity contribution in [2.24, 2.45) is 0 Å². The van der Waals surface area contributed by atoms with E-state index < -0.39 is 0 Å². The van der Waals surface area contributed by atoms with E-state index in [1.165, 1.54) is 11.3 Å². The molecule has 1 heterocycles. The lowest BCUT2D eigenvalue weighted by Gasteiger charge is -2.27. The van der Waals surface area contributed by atoms with Crippen molar-refractivity contribution in [1.82, 2.24) is 4.98 Å². The number of halogens is 1. The molecule has 0 fully saturated rings. The van der Waals surface area contributed by atoms with E-state index in [0.29, 0.717) is 29.5 Å². The van der Waals surface area contributed by atoms with Crippen molar-refractivity contribution in [2.75, 3.05) is 11.3 Å². The van der Waals surface area contributed by atoms with E-state index in [9.17, 15) is 5.26 Å². The first-order chi connectivity index (χ1) is 14.9. The van der Waals surface area contributed by atoms with Crippen LogP contribution in [0.15, 0.2) is 41.8 Å². The first kappa shape index (κ1) is 23.3. The topological polar surface area (TPSA) is 67.2 Å². The van der Waals surface area contributed by atoms with E-state index >= 15 is 0 Å². The molecular formula is C23H24ClN3O2S2. The van der Waals surface area contributed by atoms with Gasteiger partial charge in [0.2, 0.25) is 0 Å². The van der Waals surface area contributed by atoms with Crippen LogP contribution in [0.4, 0.5) is 5.13 Å². The highest BCUT2D eigenvalue weighted by Gasteiger charge is 2.26. The van der Waals surface area contributed by atoms with Crippen LogP contribution >= 0.6 is 35.8 Å². The summed E-state index contributed by atoms with van der Waals surface area (Å²) in [5.41, 5.74) is 2.95. The van der Waals surface area contributed by atoms with Gasteiger partial charge in [-0.3, -0.25) is 0 Å². The van der Waals surface area contributed by atoms with Crippen LogP contribution in [0.1, 0.15) is 49.6 Å². The molecule has 31 heavy (non-hydrogen) atoms. The molecule has 0 unspecified atom stereocenters. The summed E-state index contributed by atoms with van der Waals surface area (Å²) >= 11 is 11.9. The number of rotatable bonds is 9. The maximum Gasteiger partial charge on any atom is 0.192 e. The normalized spacial score (nSPS) is 11.1. The van der Waals surface area contributed by atoms with Gasteiger partial charge in [-0.25, -0.2) is 4.98 Å². The number of anilines is 1. The van der Waals surface area contributed by atoms with E-state index in [1.54, 1.807) is 0 Å². The zero-order valence-corrected chi connectivity index (χ0v) is 20.1. The molecule has 0 spiro atoms. The Morgan fingerprint density at radius 2 is 1.94 bits per heavy atom. The predicted octanol–water partition coefficient (Wildman–Crippen LogP) is 6.62. The quantitative estimate of drug-likeness (QED) is 0.342. The number of ether oxygens (including phenoxy) is 2. The van der Waals surface area contributed by atoms with Gasteiger partial charge < -0.3 is 14.2 Å². The Hall–Kier alpha value is -2.40. The highest BCUT2D eigenvalue weighted by molar-refractivity contribution is 7.81. The summed E-state index contributed by atoms with van der Waals surface area (Å²) in [7, 11) is 0. The van der Waals surface area contributed by atoms with E-state index in [2.05, 4.69) is 42.4 Å². The Bertz CT molecular complexity index is 1080. The largest absolute Gasteiger partial charge is 0.491 e. The lowest BCUT2D eigenvalue weighted by Crippen LogP contribution is -2.19. The number of hydrogen-bond acceptors (Lipinski definition) is 7. The average Bonchev–Trinajstić information content (AvgIpc) is 3.24. The van der Waals surface area contributed by atoms with Crippen molar-refractivity contribution in [3.63, 3.8) is 0 Å². The third kappa shape index (κ3) is 5.45. The second-order valence-electron chi connectivity index (χ2n) is 7.49. The first-order valence-electron chi connectivity index (χ1n) is 9.83. The molecule has 0 saturated carbocycles. The molecule has 1 N–H and O–H groups in total. The highest BCUT2D eigenvalue weighted by atomic mass is 35.5. The molecule has 0 radical (unpaired) electrons. The third-order valence-electron chi connectivity index (χ3n) is 4.95. The zero-order chi connectivity index (χ0) is 22.4. The number of thiol groups is 1. The monoisotopic (exact) mass is 473 g/mol. The minimum Gasteiger partial charge on any atom is -0.491 e. The molecule has 3 aromatic rings. The second kappa shape index (κ2) is 10.3. The Labute approximate surface area is 197 Å². The van der Waals surface area contributed by atoms with Crippen molar-refractivity contribution >= 4 is 40.9 Å². The Kier molecular flexibility index (Phi) is 7.71. The molecule has 1 aromatic heterocycles. The summed E-state index contributed by atoms with van der Waals surface area (Å²) in [6.07, 6.45) is 0.846. The zero-order valence-electron chi connectivity index (χ0n) is 17.6. The number of nitriles is 1. The van der Waals surface area contributed by atoms with Gasteiger partial charge in [0.15, 0.2) is 10.9 Å². The van der Waals surface area contributed by atoms with Gasteiger partial charge in [0.1, 0.15) is 18.4 Å². The highest BCUT2D eigenvalue weighted by Crippen LogP contribution is 2.38. The number of benzene rings is 2. The number of thiazole rings is 1. The molecule has 0 aliphatic rings. The molecule has 3 rings (SSSR count). The molecular weight excluding hydrogens is 450 g/mol. The number of nitrogens with zero attached hydrogens (tertiary/aromatic N) is 2. The third-order valence-corrected chi connectivity index (χ3v) is 6.40. The van der Waals surface area contributed by atoms with Crippen molar-refractivity contribution in [2.45, 2.75) is 39.2 Å². The fourth-order valence-electron chi connectivity index (χ4n) is 3.10. The smallest absolute Gasteiger partial charge is 0.192 e. The Morgan fingerprint density at radius 1 is 1.19 bits per heavy atom. The van der Waals surface area contributed by atoms with E-state index in [-0.39, 0.29) is 5.41 Å². The van der Waals surface area contributed by atoms with Gasteiger partial charge in [0.25, 0.3) is 0 Å². The van der Waals surface area contributed by atoms with Crippen molar-refractivity contribution in [3.8, 4) is 17.6 Å². The van der Waals surface area contributed by atoms with Crippen LogP contribution in [0, 0.1) is 11.3 Å². The minimum atomic E-state index is -0.362. The van der Waals surface area contributed by atoms with E-state index in [4.69, 9.17) is 21.1 Å². The lowest BCUT2D eigenvalue weighted by molar-refractivity contribution is 0.302. The van der Waals surface area contributed by atoms with Crippen LogP contribution in [-0.2, 0) is 12.0 Å². The van der Waals surface area contributed by atoms with Crippen LogP contribution in [0.5, 0.6) is 11.5 Å². The number of aromatic nitrogens is 1. The van der Waals surface area contributed by atoms with Gasteiger partial charge in [-0.1, -0.05) is 57.3 Å². The fourth-order valence-corrected chi connectivity index (χ4v) is 4.18. The maximum absolute atomic E-state index is 9.59. The summed E-state index contributed by atoms with van der Waals surface area (Å²) in [5.74, 6) is 1.21. The average molecular weight is 474 g/mol. The van der Waals surface area contributed by atoms with Gasteiger partial charge in [-0.2, -0.15) is 5.26 Å². The molecule has 0 aliphatic carbocycles. The molecule has 0 bridgehead atoms. The van der Waals surface area contributed by atoms with Crippen LogP contribution in [0.3, 0.4) is 0 Å². The molecule has 0 aliphatic heterocycles. The van der Waals surface area contributed by atoms with Crippen molar-refractivity contribution in [1.29, 1.82) is 5.26 Å². The molecule has 0 saturated heterocycles. The van der Waals surface area contributed by atoms with Gasteiger partial charge in [0, 0.05) is 10.8 Å². The number of hydrogen-bond donors (Lipinski definition) is 2. The van der Waals surface area contributed by atoms with Gasteiger partial charge in [-0.05, 0) is 41.8 Å². The Balaban J connectivity index is 1.78.